The number of nitrogens with one attached hydrogen (secondary N) is 1. The molecule has 1 unspecified atom stereocenters. The van der Waals surface area contributed by atoms with Crippen LogP contribution in [0.25, 0.3) is 0 Å². The molecule has 0 amide bonds. The van der Waals surface area contributed by atoms with Crippen molar-refractivity contribution in [3.8, 4) is 11.5 Å². The molecule has 0 radical (unpaired) electrons. The number of phenolic OH excluding ortho intramolecular Hbond substituents is 2. The number of pyridine rings is 1. The van der Waals surface area contributed by atoms with Gasteiger partial charge in [-0.25, -0.2) is 4.98 Å². The van der Waals surface area contributed by atoms with E-state index in [9.17, 15) is 10.2 Å². The molecule has 2 aromatic rings. The van der Waals surface area contributed by atoms with E-state index in [-0.39, 0.29) is 17.5 Å². The van der Waals surface area contributed by atoms with Gasteiger partial charge >= 0.3 is 0 Å². The van der Waals surface area contributed by atoms with Crippen LogP contribution >= 0.6 is 27.5 Å². The minimum Gasteiger partial charge on any atom is -0.508 e. The first-order chi connectivity index (χ1) is 8.97. The average Bonchev–Trinajstić information content (AvgIpc) is 2.36. The van der Waals surface area contributed by atoms with Crippen molar-refractivity contribution < 1.29 is 10.2 Å². The lowest BCUT2D eigenvalue weighted by Gasteiger charge is -2.17. The van der Waals surface area contributed by atoms with Gasteiger partial charge in [-0.3, -0.25) is 0 Å². The van der Waals surface area contributed by atoms with Crippen LogP contribution in [0.3, 0.4) is 0 Å². The molecule has 0 spiro atoms. The predicted molar refractivity (Wildman–Crippen MR) is 78.8 cm³/mol. The molecular weight excluding hydrogens is 332 g/mol. The molecule has 0 saturated heterocycles. The van der Waals surface area contributed by atoms with E-state index >= 15 is 0 Å². The van der Waals surface area contributed by atoms with Crippen molar-refractivity contribution in [2.45, 2.75) is 13.0 Å². The van der Waals surface area contributed by atoms with Crippen LogP contribution in [-0.2, 0) is 0 Å². The minimum absolute atomic E-state index is 0.0971. The molecule has 1 aromatic heterocycles. The van der Waals surface area contributed by atoms with Crippen LogP contribution in [0.4, 0.5) is 5.69 Å². The summed E-state index contributed by atoms with van der Waals surface area (Å²) in [6, 6.07) is 5.95. The molecule has 0 fully saturated rings. The fourth-order valence-electron chi connectivity index (χ4n) is 1.72. The van der Waals surface area contributed by atoms with Gasteiger partial charge in [-0.1, -0.05) is 11.6 Å². The highest BCUT2D eigenvalue weighted by molar-refractivity contribution is 9.10. The van der Waals surface area contributed by atoms with Gasteiger partial charge in [0.25, 0.3) is 0 Å². The van der Waals surface area contributed by atoms with Crippen molar-refractivity contribution >= 4 is 33.2 Å². The lowest BCUT2D eigenvalue weighted by molar-refractivity contribution is 0.451. The van der Waals surface area contributed by atoms with Crippen LogP contribution < -0.4 is 5.32 Å². The average molecular weight is 344 g/mol. The van der Waals surface area contributed by atoms with E-state index in [4.69, 9.17) is 11.6 Å². The highest BCUT2D eigenvalue weighted by Gasteiger charge is 2.13. The van der Waals surface area contributed by atoms with Gasteiger partial charge in [-0.05, 0) is 47.1 Å². The van der Waals surface area contributed by atoms with E-state index in [1.54, 1.807) is 12.3 Å². The van der Waals surface area contributed by atoms with Crippen molar-refractivity contribution in [1.29, 1.82) is 0 Å². The molecule has 100 valence electrons. The zero-order valence-electron chi connectivity index (χ0n) is 10.1. The van der Waals surface area contributed by atoms with Gasteiger partial charge in [0, 0.05) is 16.2 Å². The van der Waals surface area contributed by atoms with Gasteiger partial charge in [0.15, 0.2) is 5.15 Å². The van der Waals surface area contributed by atoms with Crippen LogP contribution in [0.1, 0.15) is 18.5 Å². The molecule has 19 heavy (non-hydrogen) atoms. The third-order valence-electron chi connectivity index (χ3n) is 2.66. The highest BCUT2D eigenvalue weighted by atomic mass is 79.9. The molecule has 0 aliphatic carbocycles. The highest BCUT2D eigenvalue weighted by Crippen LogP contribution is 2.32. The topological polar surface area (TPSA) is 65.4 Å². The predicted octanol–water partition coefficient (Wildman–Crippen LogP) is 4.08. The second kappa shape index (κ2) is 5.67. The lowest BCUT2D eigenvalue weighted by atomic mass is 10.1. The fourth-order valence-corrected chi connectivity index (χ4v) is 2.21. The van der Waals surface area contributed by atoms with E-state index in [0.717, 1.165) is 4.47 Å². The first kappa shape index (κ1) is 14.0. The Kier molecular flexibility index (Phi) is 4.17. The molecular formula is C13H12BrClN2O2. The fraction of sp³-hybridized carbons (Fsp3) is 0.154. The number of benzene rings is 1. The summed E-state index contributed by atoms with van der Waals surface area (Å²) in [7, 11) is 0. The Morgan fingerprint density at radius 2 is 2.05 bits per heavy atom. The number of aromatic hydroxyl groups is 2. The summed E-state index contributed by atoms with van der Waals surface area (Å²) in [5.74, 6) is 0.205. The molecule has 0 aliphatic rings. The normalized spacial score (nSPS) is 12.2. The van der Waals surface area contributed by atoms with Gasteiger partial charge in [0.1, 0.15) is 11.5 Å². The zero-order valence-corrected chi connectivity index (χ0v) is 12.4. The SMILES string of the molecule is CC(Nc1cc(Br)cnc1Cl)c1cc(O)ccc1O. The molecule has 6 heteroatoms. The number of hydrogen-bond donors (Lipinski definition) is 3. The molecule has 0 saturated carbocycles. The number of rotatable bonds is 3. The van der Waals surface area contributed by atoms with Crippen molar-refractivity contribution in [2.75, 3.05) is 5.32 Å². The summed E-state index contributed by atoms with van der Waals surface area (Å²) in [6.07, 6.45) is 1.60. The third kappa shape index (κ3) is 3.30. The van der Waals surface area contributed by atoms with E-state index in [1.165, 1.54) is 18.2 Å². The van der Waals surface area contributed by atoms with Gasteiger partial charge in [0.2, 0.25) is 0 Å². The number of aromatic nitrogens is 1. The van der Waals surface area contributed by atoms with Crippen LogP contribution in [0, 0.1) is 0 Å². The number of phenols is 2. The maximum atomic E-state index is 9.80. The monoisotopic (exact) mass is 342 g/mol. The minimum atomic E-state index is -0.235. The molecule has 2 rings (SSSR count). The van der Waals surface area contributed by atoms with E-state index in [0.29, 0.717) is 16.4 Å². The Morgan fingerprint density at radius 1 is 1.32 bits per heavy atom. The van der Waals surface area contributed by atoms with Crippen molar-refractivity contribution in [3.05, 3.63) is 45.7 Å². The Balaban J connectivity index is 2.27. The number of halogens is 2. The number of anilines is 1. The number of hydrogen-bond acceptors (Lipinski definition) is 4. The Morgan fingerprint density at radius 3 is 2.79 bits per heavy atom. The maximum absolute atomic E-state index is 9.80. The smallest absolute Gasteiger partial charge is 0.152 e. The Hall–Kier alpha value is -1.46. The summed E-state index contributed by atoms with van der Waals surface area (Å²) in [5, 5.41) is 22.7. The van der Waals surface area contributed by atoms with Gasteiger partial charge < -0.3 is 15.5 Å². The molecule has 1 atom stereocenters. The molecule has 1 heterocycles. The van der Waals surface area contributed by atoms with E-state index in [2.05, 4.69) is 26.2 Å². The second-order valence-electron chi connectivity index (χ2n) is 4.10. The van der Waals surface area contributed by atoms with Crippen LogP contribution in [0.15, 0.2) is 34.9 Å². The van der Waals surface area contributed by atoms with Crippen LogP contribution in [0.2, 0.25) is 5.15 Å². The van der Waals surface area contributed by atoms with Crippen molar-refractivity contribution in [1.82, 2.24) is 4.98 Å². The molecule has 3 N–H and O–H groups in total. The van der Waals surface area contributed by atoms with Crippen molar-refractivity contribution in [2.24, 2.45) is 0 Å². The first-order valence-electron chi connectivity index (χ1n) is 5.57. The zero-order chi connectivity index (χ0) is 14.0. The molecule has 1 aromatic carbocycles. The number of nitrogens with zero attached hydrogens (tertiary/aromatic N) is 1. The van der Waals surface area contributed by atoms with Gasteiger partial charge in [0.05, 0.1) is 11.7 Å². The van der Waals surface area contributed by atoms with E-state index < -0.39 is 0 Å². The van der Waals surface area contributed by atoms with Gasteiger partial charge in [-0.15, -0.1) is 0 Å². The van der Waals surface area contributed by atoms with Crippen LogP contribution in [-0.4, -0.2) is 15.2 Å². The Labute approximate surface area is 124 Å². The molecule has 4 nitrogen and oxygen atoms in total. The standard InChI is InChI=1S/C13H12BrClN2O2/c1-7(10-5-9(18)2-3-12(10)19)17-11-4-8(14)6-16-13(11)15/h2-7,17-19H,1H3. The summed E-state index contributed by atoms with van der Waals surface area (Å²) in [6.45, 7) is 1.85. The van der Waals surface area contributed by atoms with Crippen molar-refractivity contribution in [3.63, 3.8) is 0 Å². The summed E-state index contributed by atoms with van der Waals surface area (Å²) in [5.41, 5.74) is 1.22. The summed E-state index contributed by atoms with van der Waals surface area (Å²) in [4.78, 5) is 4.01. The molecule has 0 bridgehead atoms. The summed E-state index contributed by atoms with van der Waals surface area (Å²) < 4.78 is 0.798. The second-order valence-corrected chi connectivity index (χ2v) is 5.37. The third-order valence-corrected chi connectivity index (χ3v) is 3.39. The lowest BCUT2D eigenvalue weighted by Crippen LogP contribution is -2.07. The van der Waals surface area contributed by atoms with Crippen LogP contribution in [0.5, 0.6) is 11.5 Å². The molecule has 0 aliphatic heterocycles. The largest absolute Gasteiger partial charge is 0.508 e. The Bertz CT molecular complexity index is 607. The maximum Gasteiger partial charge on any atom is 0.152 e. The van der Waals surface area contributed by atoms with Gasteiger partial charge in [-0.2, -0.15) is 0 Å². The quantitative estimate of drug-likeness (QED) is 0.580. The summed E-state index contributed by atoms with van der Waals surface area (Å²) >= 11 is 9.31. The first-order valence-corrected chi connectivity index (χ1v) is 6.74. The van der Waals surface area contributed by atoms with E-state index in [1.807, 2.05) is 6.92 Å².